The third-order valence-corrected chi connectivity index (χ3v) is 4.71. The number of morpholine rings is 1. The molecular formula is C19H17N5O. The first-order valence-corrected chi connectivity index (χ1v) is 8.39. The van der Waals surface area contributed by atoms with E-state index in [4.69, 9.17) is 9.84 Å². The van der Waals surface area contributed by atoms with Crippen molar-refractivity contribution >= 4 is 16.4 Å². The van der Waals surface area contributed by atoms with Crippen molar-refractivity contribution in [3.8, 4) is 0 Å². The molecule has 1 N–H and O–H groups in total. The molecular weight excluding hydrogens is 314 g/mol. The summed E-state index contributed by atoms with van der Waals surface area (Å²) in [6.45, 7) is 1.33. The van der Waals surface area contributed by atoms with Crippen molar-refractivity contribution in [3.05, 3.63) is 72.2 Å². The zero-order valence-corrected chi connectivity index (χ0v) is 13.5. The van der Waals surface area contributed by atoms with Crippen LogP contribution in [-0.2, 0) is 4.74 Å². The molecule has 2 unspecified atom stereocenters. The van der Waals surface area contributed by atoms with Crippen LogP contribution >= 0.6 is 0 Å². The Morgan fingerprint density at radius 1 is 1.00 bits per heavy atom. The van der Waals surface area contributed by atoms with Crippen molar-refractivity contribution in [1.29, 1.82) is 0 Å². The molecule has 1 saturated heterocycles. The van der Waals surface area contributed by atoms with Gasteiger partial charge in [-0.3, -0.25) is 0 Å². The lowest BCUT2D eigenvalue weighted by molar-refractivity contribution is 0.000332. The van der Waals surface area contributed by atoms with Gasteiger partial charge < -0.3 is 10.1 Å². The van der Waals surface area contributed by atoms with Gasteiger partial charge in [0.05, 0.1) is 18.3 Å². The molecule has 6 nitrogen and oxygen atoms in total. The summed E-state index contributed by atoms with van der Waals surface area (Å²) in [4.78, 5) is 0. The van der Waals surface area contributed by atoms with Crippen LogP contribution in [-0.4, -0.2) is 33.0 Å². The smallest absolute Gasteiger partial charge is 0.185 e. The summed E-state index contributed by atoms with van der Waals surface area (Å²) < 4.78 is 7.91. The van der Waals surface area contributed by atoms with Gasteiger partial charge in [0.1, 0.15) is 12.4 Å². The van der Waals surface area contributed by atoms with E-state index in [1.165, 1.54) is 5.56 Å². The summed E-state index contributed by atoms with van der Waals surface area (Å²) in [5.74, 6) is 0. The van der Waals surface area contributed by atoms with Gasteiger partial charge in [0.25, 0.3) is 0 Å². The van der Waals surface area contributed by atoms with E-state index in [0.717, 1.165) is 22.1 Å². The molecule has 5 rings (SSSR count). The van der Waals surface area contributed by atoms with Crippen LogP contribution in [0.2, 0.25) is 0 Å². The number of nitrogens with zero attached hydrogens (tertiary/aromatic N) is 4. The predicted molar refractivity (Wildman–Crippen MR) is 94.2 cm³/mol. The molecule has 1 fully saturated rings. The SMILES string of the molecule is c1ccc(C2COC(c3nn4cnnc4c4ccccc34)CN2)cc1. The Morgan fingerprint density at radius 3 is 2.60 bits per heavy atom. The maximum Gasteiger partial charge on any atom is 0.185 e. The Hall–Kier alpha value is -2.83. The van der Waals surface area contributed by atoms with E-state index in [2.05, 4.69) is 45.8 Å². The van der Waals surface area contributed by atoms with Crippen molar-refractivity contribution < 1.29 is 4.74 Å². The van der Waals surface area contributed by atoms with Crippen LogP contribution < -0.4 is 5.32 Å². The van der Waals surface area contributed by atoms with Crippen molar-refractivity contribution in [2.45, 2.75) is 12.1 Å². The lowest BCUT2D eigenvalue weighted by Crippen LogP contribution is -2.37. The fourth-order valence-corrected chi connectivity index (χ4v) is 3.44. The topological polar surface area (TPSA) is 64.3 Å². The Kier molecular flexibility index (Phi) is 3.43. The van der Waals surface area contributed by atoms with Crippen molar-refractivity contribution in [2.75, 3.05) is 13.2 Å². The zero-order valence-electron chi connectivity index (χ0n) is 13.5. The number of benzene rings is 2. The number of hydrogen-bond donors (Lipinski definition) is 1. The number of nitrogens with one attached hydrogen (secondary N) is 1. The maximum atomic E-state index is 6.19. The number of rotatable bonds is 2. The minimum absolute atomic E-state index is 0.100. The van der Waals surface area contributed by atoms with E-state index < -0.39 is 0 Å². The quantitative estimate of drug-likeness (QED) is 0.612. The third kappa shape index (κ3) is 2.47. The lowest BCUT2D eigenvalue weighted by Gasteiger charge is -2.30. The first kappa shape index (κ1) is 14.5. The average molecular weight is 331 g/mol. The van der Waals surface area contributed by atoms with Crippen LogP contribution in [0.25, 0.3) is 16.4 Å². The molecule has 1 aliphatic rings. The fraction of sp³-hybridized carbons (Fsp3) is 0.211. The van der Waals surface area contributed by atoms with E-state index in [1.54, 1.807) is 10.8 Å². The van der Waals surface area contributed by atoms with Crippen LogP contribution in [0.5, 0.6) is 0 Å². The first-order chi connectivity index (χ1) is 12.4. The second kappa shape index (κ2) is 5.91. The molecule has 6 heteroatoms. The highest BCUT2D eigenvalue weighted by Crippen LogP contribution is 2.30. The average Bonchev–Trinajstić information content (AvgIpc) is 3.17. The largest absolute Gasteiger partial charge is 0.369 e. The van der Waals surface area contributed by atoms with E-state index in [0.29, 0.717) is 13.2 Å². The summed E-state index contributed by atoms with van der Waals surface area (Å²) in [6, 6.07) is 18.7. The molecule has 4 aromatic rings. The summed E-state index contributed by atoms with van der Waals surface area (Å²) in [5, 5.41) is 18.6. The molecule has 0 bridgehead atoms. The van der Waals surface area contributed by atoms with E-state index in [1.807, 2.05) is 24.3 Å². The third-order valence-electron chi connectivity index (χ3n) is 4.71. The Morgan fingerprint density at radius 2 is 1.80 bits per heavy atom. The number of aromatic nitrogens is 4. The highest BCUT2D eigenvalue weighted by Gasteiger charge is 2.26. The van der Waals surface area contributed by atoms with Crippen molar-refractivity contribution in [2.24, 2.45) is 0 Å². The summed E-state index contributed by atoms with van der Waals surface area (Å²) in [6.07, 6.45) is 1.53. The van der Waals surface area contributed by atoms with E-state index in [-0.39, 0.29) is 12.1 Å². The van der Waals surface area contributed by atoms with Gasteiger partial charge in [0.2, 0.25) is 0 Å². The molecule has 25 heavy (non-hydrogen) atoms. The molecule has 0 radical (unpaired) electrons. The normalized spacial score (nSPS) is 21.0. The fourth-order valence-electron chi connectivity index (χ4n) is 3.44. The highest BCUT2D eigenvalue weighted by molar-refractivity contribution is 5.94. The molecule has 124 valence electrons. The summed E-state index contributed by atoms with van der Waals surface area (Å²) >= 11 is 0. The van der Waals surface area contributed by atoms with Gasteiger partial charge in [-0.15, -0.1) is 10.2 Å². The minimum Gasteiger partial charge on any atom is -0.369 e. The highest BCUT2D eigenvalue weighted by atomic mass is 16.5. The molecule has 0 saturated carbocycles. The van der Waals surface area contributed by atoms with Gasteiger partial charge in [-0.25, -0.2) is 0 Å². The zero-order chi connectivity index (χ0) is 16.6. The molecule has 0 spiro atoms. The standard InChI is InChI=1S/C19H17N5O/c1-2-6-13(7-3-1)16-11-25-17(10-20-16)18-14-8-4-5-9-15(14)19-22-21-12-24(19)23-18/h1-9,12,16-17,20H,10-11H2. The van der Waals surface area contributed by atoms with Crippen molar-refractivity contribution in [3.63, 3.8) is 0 Å². The first-order valence-electron chi connectivity index (χ1n) is 8.39. The summed E-state index contributed by atoms with van der Waals surface area (Å²) in [7, 11) is 0. The Balaban J connectivity index is 1.49. The molecule has 2 atom stereocenters. The van der Waals surface area contributed by atoms with Gasteiger partial charge in [0, 0.05) is 17.3 Å². The van der Waals surface area contributed by atoms with Gasteiger partial charge >= 0.3 is 0 Å². The maximum absolute atomic E-state index is 6.19. The van der Waals surface area contributed by atoms with Crippen LogP contribution in [0.15, 0.2) is 60.9 Å². The molecule has 3 heterocycles. The Bertz CT molecular complexity index is 1020. The number of hydrogen-bond acceptors (Lipinski definition) is 5. The minimum atomic E-state index is -0.100. The van der Waals surface area contributed by atoms with Crippen LogP contribution in [0.4, 0.5) is 0 Å². The van der Waals surface area contributed by atoms with E-state index >= 15 is 0 Å². The Labute approximate surface area is 144 Å². The second-order valence-electron chi connectivity index (χ2n) is 6.22. The molecule has 2 aromatic heterocycles. The van der Waals surface area contributed by atoms with Crippen molar-refractivity contribution in [1.82, 2.24) is 25.1 Å². The van der Waals surface area contributed by atoms with Crippen LogP contribution in [0.3, 0.4) is 0 Å². The number of ether oxygens (including phenoxy) is 1. The predicted octanol–water partition coefficient (Wildman–Crippen LogP) is 2.68. The van der Waals surface area contributed by atoms with Gasteiger partial charge in [-0.2, -0.15) is 9.61 Å². The monoisotopic (exact) mass is 331 g/mol. The van der Waals surface area contributed by atoms with Crippen LogP contribution in [0.1, 0.15) is 23.4 Å². The van der Waals surface area contributed by atoms with Gasteiger partial charge in [-0.05, 0) is 5.56 Å². The van der Waals surface area contributed by atoms with Crippen LogP contribution in [0, 0.1) is 0 Å². The molecule has 0 aliphatic carbocycles. The lowest BCUT2D eigenvalue weighted by atomic mass is 10.0. The molecule has 2 aromatic carbocycles. The number of fused-ring (bicyclic) bond motifs is 3. The van der Waals surface area contributed by atoms with E-state index in [9.17, 15) is 0 Å². The second-order valence-corrected chi connectivity index (χ2v) is 6.22. The summed E-state index contributed by atoms with van der Waals surface area (Å²) in [5.41, 5.74) is 2.93. The van der Waals surface area contributed by atoms with Gasteiger partial charge in [0.15, 0.2) is 5.65 Å². The van der Waals surface area contributed by atoms with Gasteiger partial charge in [-0.1, -0.05) is 54.6 Å². The molecule has 0 amide bonds. The molecule has 1 aliphatic heterocycles.